The summed E-state index contributed by atoms with van der Waals surface area (Å²) >= 11 is 0. The molecule has 11 aromatic rings. The van der Waals surface area contributed by atoms with Gasteiger partial charge in [-0.2, -0.15) is 0 Å². The van der Waals surface area contributed by atoms with Gasteiger partial charge in [-0.15, -0.1) is 0 Å². The second kappa shape index (κ2) is 11.2. The van der Waals surface area contributed by atoms with E-state index in [2.05, 4.69) is 179 Å². The highest BCUT2D eigenvalue weighted by Gasteiger charge is 2.20. The van der Waals surface area contributed by atoms with Gasteiger partial charge in [0.1, 0.15) is 0 Å². The Morgan fingerprint density at radius 3 is 1.69 bits per heavy atom. The summed E-state index contributed by atoms with van der Waals surface area (Å²) < 4.78 is 4.87. The number of pyridine rings is 1. The van der Waals surface area contributed by atoms with Crippen molar-refractivity contribution in [3.05, 3.63) is 182 Å². The molecule has 0 saturated heterocycles. The minimum Gasteiger partial charge on any atom is -0.309 e. The average Bonchev–Trinajstić information content (AvgIpc) is 3.78. The molecular weight excluding hydrogens is 633 g/mol. The third kappa shape index (κ3) is 4.28. The van der Waals surface area contributed by atoms with E-state index in [1.807, 2.05) is 12.1 Å². The van der Waals surface area contributed by atoms with Crippen molar-refractivity contribution in [2.24, 2.45) is 0 Å². The van der Waals surface area contributed by atoms with Gasteiger partial charge < -0.3 is 8.97 Å². The fraction of sp³-hybridized carbons (Fsp3) is 0. The molecule has 4 nitrogen and oxygen atoms in total. The molecule has 0 aliphatic carbocycles. The molecule has 0 spiro atoms. The maximum absolute atomic E-state index is 5.17. The SMILES string of the molecule is c1ccc(-c2cc(-c3ccccc3)nc(-c3cccc(-n4c5ccccc5c5ccc6c(c7ccccc7n7c8ccccc8cc67)c54)c3)n2)cc1. The average molecular weight is 663 g/mol. The third-order valence-corrected chi connectivity index (χ3v) is 10.5. The summed E-state index contributed by atoms with van der Waals surface area (Å²) in [5, 5.41) is 7.40. The van der Waals surface area contributed by atoms with Crippen LogP contribution in [0, 0.1) is 0 Å². The van der Waals surface area contributed by atoms with Crippen LogP contribution < -0.4 is 0 Å². The van der Waals surface area contributed by atoms with Gasteiger partial charge in [0, 0.05) is 54.7 Å². The van der Waals surface area contributed by atoms with Crippen LogP contribution in [0.15, 0.2) is 182 Å². The summed E-state index contributed by atoms with van der Waals surface area (Å²) in [6.07, 6.45) is 0. The van der Waals surface area contributed by atoms with E-state index >= 15 is 0 Å². The van der Waals surface area contributed by atoms with E-state index in [4.69, 9.17) is 9.97 Å². The lowest BCUT2D eigenvalue weighted by molar-refractivity contribution is 1.16. The lowest BCUT2D eigenvalue weighted by Crippen LogP contribution is -1.99. The van der Waals surface area contributed by atoms with E-state index in [-0.39, 0.29) is 0 Å². The fourth-order valence-electron chi connectivity index (χ4n) is 8.18. The highest BCUT2D eigenvalue weighted by atomic mass is 15.0. The van der Waals surface area contributed by atoms with Gasteiger partial charge in [-0.3, -0.25) is 0 Å². The Bertz CT molecular complexity index is 3110. The molecule has 52 heavy (non-hydrogen) atoms. The van der Waals surface area contributed by atoms with Gasteiger partial charge in [0.05, 0.1) is 39.0 Å². The molecule has 0 radical (unpaired) electrons. The molecule has 0 aliphatic heterocycles. The molecule has 0 aliphatic rings. The van der Waals surface area contributed by atoms with Gasteiger partial charge in [-0.25, -0.2) is 9.97 Å². The zero-order valence-corrected chi connectivity index (χ0v) is 28.1. The summed E-state index contributed by atoms with van der Waals surface area (Å²) in [5.74, 6) is 0.694. The van der Waals surface area contributed by atoms with Crippen LogP contribution in [0.5, 0.6) is 0 Å². The molecule has 0 atom stereocenters. The van der Waals surface area contributed by atoms with Crippen molar-refractivity contribution in [1.82, 2.24) is 18.9 Å². The van der Waals surface area contributed by atoms with Crippen LogP contribution >= 0.6 is 0 Å². The lowest BCUT2D eigenvalue weighted by atomic mass is 10.0. The maximum Gasteiger partial charge on any atom is 0.160 e. The van der Waals surface area contributed by atoms with Crippen molar-refractivity contribution in [3.63, 3.8) is 0 Å². The van der Waals surface area contributed by atoms with Gasteiger partial charge >= 0.3 is 0 Å². The maximum atomic E-state index is 5.17. The molecule has 0 amide bonds. The highest BCUT2D eigenvalue weighted by Crippen LogP contribution is 2.42. The van der Waals surface area contributed by atoms with Crippen molar-refractivity contribution in [3.8, 4) is 39.6 Å². The number of aromatic nitrogens is 4. The first-order valence-corrected chi connectivity index (χ1v) is 17.7. The van der Waals surface area contributed by atoms with Gasteiger partial charge in [-0.05, 0) is 42.5 Å². The number of nitrogens with zero attached hydrogens (tertiary/aromatic N) is 4. The van der Waals surface area contributed by atoms with Crippen molar-refractivity contribution < 1.29 is 0 Å². The topological polar surface area (TPSA) is 35.1 Å². The summed E-state index contributed by atoms with van der Waals surface area (Å²) in [4.78, 5) is 10.3. The minimum absolute atomic E-state index is 0.694. The molecule has 4 aromatic heterocycles. The Hall–Kier alpha value is -7.04. The van der Waals surface area contributed by atoms with Crippen molar-refractivity contribution >= 4 is 59.9 Å². The molecule has 0 saturated carbocycles. The van der Waals surface area contributed by atoms with Gasteiger partial charge in [-0.1, -0.05) is 140 Å². The second-order valence-corrected chi connectivity index (χ2v) is 13.4. The number of benzene rings is 7. The first-order chi connectivity index (χ1) is 25.8. The van der Waals surface area contributed by atoms with E-state index in [0.717, 1.165) is 39.3 Å². The molecule has 0 fully saturated rings. The Kier molecular flexibility index (Phi) is 6.22. The molecule has 0 unspecified atom stereocenters. The highest BCUT2D eigenvalue weighted by molar-refractivity contribution is 6.28. The zero-order valence-electron chi connectivity index (χ0n) is 28.1. The van der Waals surface area contributed by atoms with E-state index in [9.17, 15) is 0 Å². The molecule has 11 rings (SSSR count). The summed E-state index contributed by atoms with van der Waals surface area (Å²) in [5.41, 5.74) is 11.9. The van der Waals surface area contributed by atoms with Crippen LogP contribution in [0.25, 0.3) is 99.5 Å². The Labute approximate surface area is 299 Å². The van der Waals surface area contributed by atoms with Crippen LogP contribution in [-0.2, 0) is 0 Å². The van der Waals surface area contributed by atoms with Crippen LogP contribution in [0.1, 0.15) is 0 Å². The standard InChI is InChI=1S/C48H30N4/c1-3-14-31(15-4-1)40-30-41(32-16-5-2-6-17-32)50-48(49-40)34-19-13-20-35(28-34)51-43-24-11-8-21-36(43)37-26-27-39-45-29-33-18-7-10-23-42(33)52(45)44-25-12-9-22-38(44)46(39)47(37)51/h1-30H. The Morgan fingerprint density at radius 2 is 0.942 bits per heavy atom. The summed E-state index contributed by atoms with van der Waals surface area (Å²) in [7, 11) is 0. The largest absolute Gasteiger partial charge is 0.309 e. The molecule has 242 valence electrons. The van der Waals surface area contributed by atoms with E-state index < -0.39 is 0 Å². The summed E-state index contributed by atoms with van der Waals surface area (Å²) in [6.45, 7) is 0. The first-order valence-electron chi connectivity index (χ1n) is 17.7. The van der Waals surface area contributed by atoms with Crippen molar-refractivity contribution in [2.45, 2.75) is 0 Å². The Balaban J connectivity index is 1.22. The van der Waals surface area contributed by atoms with Crippen LogP contribution in [0.4, 0.5) is 0 Å². The Morgan fingerprint density at radius 1 is 0.365 bits per heavy atom. The predicted octanol–water partition coefficient (Wildman–Crippen LogP) is 12.3. The molecule has 0 N–H and O–H groups in total. The normalized spacial score (nSPS) is 11.8. The minimum atomic E-state index is 0.694. The van der Waals surface area contributed by atoms with Crippen molar-refractivity contribution in [1.29, 1.82) is 0 Å². The van der Waals surface area contributed by atoms with Crippen molar-refractivity contribution in [2.75, 3.05) is 0 Å². The number of hydrogen-bond donors (Lipinski definition) is 0. The number of hydrogen-bond acceptors (Lipinski definition) is 2. The van der Waals surface area contributed by atoms with Crippen LogP contribution in [-0.4, -0.2) is 18.9 Å². The van der Waals surface area contributed by atoms with E-state index in [0.29, 0.717) is 5.82 Å². The number of fused-ring (bicyclic) bond motifs is 12. The number of rotatable bonds is 4. The summed E-state index contributed by atoms with van der Waals surface area (Å²) in [6, 6.07) is 64.8. The predicted molar refractivity (Wildman–Crippen MR) is 216 cm³/mol. The van der Waals surface area contributed by atoms with Crippen LogP contribution in [0.3, 0.4) is 0 Å². The second-order valence-electron chi connectivity index (χ2n) is 13.4. The van der Waals surface area contributed by atoms with Crippen LogP contribution in [0.2, 0.25) is 0 Å². The molecular formula is C48H30N4. The smallest absolute Gasteiger partial charge is 0.160 e. The lowest BCUT2D eigenvalue weighted by Gasteiger charge is -2.15. The van der Waals surface area contributed by atoms with Gasteiger partial charge in [0.2, 0.25) is 0 Å². The van der Waals surface area contributed by atoms with E-state index in [1.165, 1.54) is 54.4 Å². The molecule has 4 heterocycles. The van der Waals surface area contributed by atoms with Gasteiger partial charge in [0.15, 0.2) is 5.82 Å². The van der Waals surface area contributed by atoms with Gasteiger partial charge in [0.25, 0.3) is 0 Å². The monoisotopic (exact) mass is 662 g/mol. The molecule has 4 heteroatoms. The fourth-order valence-corrected chi connectivity index (χ4v) is 8.18. The first kappa shape index (κ1) is 28.8. The van der Waals surface area contributed by atoms with E-state index in [1.54, 1.807) is 0 Å². The zero-order chi connectivity index (χ0) is 34.2. The molecule has 7 aromatic carbocycles. The third-order valence-electron chi connectivity index (χ3n) is 10.5. The number of para-hydroxylation sites is 3. The quantitative estimate of drug-likeness (QED) is 0.176. The molecule has 0 bridgehead atoms.